The van der Waals surface area contributed by atoms with Gasteiger partial charge in [-0.3, -0.25) is 9.59 Å². The lowest BCUT2D eigenvalue weighted by Gasteiger charge is -2.43. The molecule has 1 N–H and O–H groups in total. The Labute approximate surface area is 128 Å². The summed E-state index contributed by atoms with van der Waals surface area (Å²) in [5.41, 5.74) is 0.139. The van der Waals surface area contributed by atoms with Crippen LogP contribution in [-0.2, 0) is 9.59 Å². The van der Waals surface area contributed by atoms with Gasteiger partial charge in [-0.05, 0) is 44.3 Å². The number of hydrogen-bond acceptors (Lipinski definition) is 3. The molecular weight excluding hydrogens is 266 g/mol. The normalized spacial score (nSPS) is 28.4. The predicted octanol–water partition coefficient (Wildman–Crippen LogP) is 1.09. The topological polar surface area (TPSA) is 52.7 Å². The molecule has 5 heteroatoms. The van der Waals surface area contributed by atoms with Crippen molar-refractivity contribution in [3.05, 3.63) is 0 Å². The number of piperidine rings is 1. The molecule has 2 atom stereocenters. The molecule has 0 aliphatic carbocycles. The van der Waals surface area contributed by atoms with Crippen molar-refractivity contribution in [2.75, 3.05) is 33.2 Å². The maximum Gasteiger partial charge on any atom is 0.245 e. The van der Waals surface area contributed by atoms with Crippen LogP contribution < -0.4 is 5.32 Å². The molecule has 0 bridgehead atoms. The lowest BCUT2D eigenvalue weighted by Crippen LogP contribution is -2.62. The molecule has 2 heterocycles. The number of nitrogens with zero attached hydrogens (tertiary/aromatic N) is 2. The molecule has 2 rings (SSSR count). The first-order valence-electron chi connectivity index (χ1n) is 8.11. The van der Waals surface area contributed by atoms with E-state index in [1.165, 1.54) is 0 Å². The van der Waals surface area contributed by atoms with Crippen LogP contribution in [0.15, 0.2) is 0 Å². The maximum atomic E-state index is 12.7. The zero-order valence-electron chi connectivity index (χ0n) is 13.8. The smallest absolute Gasteiger partial charge is 0.245 e. The molecule has 0 aromatic heterocycles. The highest BCUT2D eigenvalue weighted by atomic mass is 16.2. The molecule has 0 aromatic carbocycles. The van der Waals surface area contributed by atoms with Crippen molar-refractivity contribution in [1.82, 2.24) is 15.1 Å². The van der Waals surface area contributed by atoms with Crippen LogP contribution in [-0.4, -0.2) is 60.9 Å². The Bertz CT molecular complexity index is 402. The minimum Gasteiger partial charge on any atom is -0.342 e. The van der Waals surface area contributed by atoms with E-state index in [-0.39, 0.29) is 35.7 Å². The van der Waals surface area contributed by atoms with Gasteiger partial charge in [0.15, 0.2) is 0 Å². The highest BCUT2D eigenvalue weighted by molar-refractivity contribution is 5.95. The Hall–Kier alpha value is -1.10. The van der Waals surface area contributed by atoms with Crippen LogP contribution in [0.1, 0.15) is 40.0 Å². The molecule has 2 saturated heterocycles. The molecule has 2 fully saturated rings. The van der Waals surface area contributed by atoms with E-state index in [0.717, 1.165) is 32.4 Å². The quantitative estimate of drug-likeness (QED) is 0.845. The molecule has 120 valence electrons. The molecule has 0 aromatic rings. The van der Waals surface area contributed by atoms with Gasteiger partial charge in [-0.2, -0.15) is 0 Å². The number of carbonyl (C=O) groups excluding carboxylic acids is 2. The summed E-state index contributed by atoms with van der Waals surface area (Å²) in [5.74, 6) is 0.273. The molecule has 0 spiro atoms. The van der Waals surface area contributed by atoms with Gasteiger partial charge in [-0.15, -0.1) is 0 Å². The number of rotatable bonds is 4. The molecular formula is C16H29N3O2. The van der Waals surface area contributed by atoms with Gasteiger partial charge in [0, 0.05) is 6.54 Å². The van der Waals surface area contributed by atoms with Gasteiger partial charge < -0.3 is 15.1 Å². The molecule has 21 heavy (non-hydrogen) atoms. The average Bonchev–Trinajstić information content (AvgIpc) is 2.45. The van der Waals surface area contributed by atoms with Crippen LogP contribution in [0.5, 0.6) is 0 Å². The number of nitrogens with one attached hydrogen (secondary N) is 1. The Kier molecular flexibility index (Phi) is 4.91. The molecule has 2 aliphatic heterocycles. The van der Waals surface area contributed by atoms with E-state index in [2.05, 4.69) is 31.1 Å². The van der Waals surface area contributed by atoms with E-state index in [1.807, 2.05) is 6.92 Å². The van der Waals surface area contributed by atoms with E-state index in [4.69, 9.17) is 0 Å². The summed E-state index contributed by atoms with van der Waals surface area (Å²) in [6.45, 7) is 9.40. The number of amides is 2. The van der Waals surface area contributed by atoms with Gasteiger partial charge in [0.1, 0.15) is 6.04 Å². The summed E-state index contributed by atoms with van der Waals surface area (Å²) in [6.07, 6.45) is 3.07. The van der Waals surface area contributed by atoms with Crippen LogP contribution in [0.3, 0.4) is 0 Å². The van der Waals surface area contributed by atoms with Crippen molar-refractivity contribution in [2.24, 2.45) is 11.3 Å². The van der Waals surface area contributed by atoms with E-state index in [9.17, 15) is 9.59 Å². The summed E-state index contributed by atoms with van der Waals surface area (Å²) in [4.78, 5) is 28.7. The molecule has 0 radical (unpaired) electrons. The zero-order valence-corrected chi connectivity index (χ0v) is 13.8. The summed E-state index contributed by atoms with van der Waals surface area (Å²) >= 11 is 0. The van der Waals surface area contributed by atoms with Gasteiger partial charge in [-0.25, -0.2) is 0 Å². The first-order valence-corrected chi connectivity index (χ1v) is 8.11. The van der Waals surface area contributed by atoms with Crippen molar-refractivity contribution < 1.29 is 9.59 Å². The van der Waals surface area contributed by atoms with Gasteiger partial charge in [0.05, 0.1) is 6.54 Å². The van der Waals surface area contributed by atoms with E-state index in [1.54, 1.807) is 4.90 Å². The third-order valence-corrected chi connectivity index (χ3v) is 5.21. The maximum absolute atomic E-state index is 12.7. The van der Waals surface area contributed by atoms with Crippen molar-refractivity contribution in [1.29, 1.82) is 0 Å². The Balaban J connectivity index is 2.04. The number of carbonyl (C=O) groups is 2. The van der Waals surface area contributed by atoms with Crippen molar-refractivity contribution in [3.8, 4) is 0 Å². The standard InChI is InChI=1S/C16H29N3O2/c1-5-12(2)14-15(21)19(10-13(20)17-14)11-16(3)6-8-18(4)9-7-16/h12,14H,5-11H2,1-4H3,(H,17,20). The third kappa shape index (κ3) is 3.76. The minimum atomic E-state index is -0.342. The second-order valence-corrected chi connectivity index (χ2v) is 7.24. The van der Waals surface area contributed by atoms with Crippen molar-refractivity contribution >= 4 is 11.8 Å². The molecule has 5 nitrogen and oxygen atoms in total. The predicted molar refractivity (Wildman–Crippen MR) is 82.8 cm³/mol. The zero-order chi connectivity index (χ0) is 15.6. The minimum absolute atomic E-state index is 0.0172. The van der Waals surface area contributed by atoms with Crippen molar-refractivity contribution in [3.63, 3.8) is 0 Å². The van der Waals surface area contributed by atoms with Crippen LogP contribution in [0.4, 0.5) is 0 Å². The number of likely N-dealkylation sites (tertiary alicyclic amines) is 1. The highest BCUT2D eigenvalue weighted by Gasteiger charge is 2.39. The summed E-state index contributed by atoms with van der Waals surface area (Å²) < 4.78 is 0. The van der Waals surface area contributed by atoms with Gasteiger partial charge in [-0.1, -0.05) is 27.2 Å². The van der Waals surface area contributed by atoms with Crippen LogP contribution >= 0.6 is 0 Å². The fraction of sp³-hybridized carbons (Fsp3) is 0.875. The Morgan fingerprint density at radius 2 is 1.95 bits per heavy atom. The first-order chi connectivity index (χ1) is 9.84. The SMILES string of the molecule is CCC(C)C1NC(=O)CN(CC2(C)CCN(C)CC2)C1=O. The second kappa shape index (κ2) is 6.34. The van der Waals surface area contributed by atoms with Crippen molar-refractivity contribution in [2.45, 2.75) is 46.1 Å². The lowest BCUT2D eigenvalue weighted by atomic mass is 9.79. The summed E-state index contributed by atoms with van der Waals surface area (Å²) in [5, 5.41) is 2.87. The average molecular weight is 295 g/mol. The third-order valence-electron chi connectivity index (χ3n) is 5.21. The van der Waals surface area contributed by atoms with E-state index < -0.39 is 0 Å². The monoisotopic (exact) mass is 295 g/mol. The highest BCUT2D eigenvalue weighted by Crippen LogP contribution is 2.32. The summed E-state index contributed by atoms with van der Waals surface area (Å²) in [7, 11) is 2.14. The molecule has 2 aliphatic rings. The van der Waals surface area contributed by atoms with E-state index >= 15 is 0 Å². The lowest BCUT2D eigenvalue weighted by molar-refractivity contribution is -0.147. The van der Waals surface area contributed by atoms with Gasteiger partial charge >= 0.3 is 0 Å². The largest absolute Gasteiger partial charge is 0.342 e. The first kappa shape index (κ1) is 16.3. The van der Waals surface area contributed by atoms with Gasteiger partial charge in [0.2, 0.25) is 11.8 Å². The molecule has 0 saturated carbocycles. The van der Waals surface area contributed by atoms with Gasteiger partial charge in [0.25, 0.3) is 0 Å². The number of hydrogen-bond donors (Lipinski definition) is 1. The fourth-order valence-electron chi connectivity index (χ4n) is 3.26. The number of piperazine rings is 1. The van der Waals surface area contributed by atoms with Crippen LogP contribution in [0.2, 0.25) is 0 Å². The van der Waals surface area contributed by atoms with E-state index in [0.29, 0.717) is 6.54 Å². The Morgan fingerprint density at radius 1 is 1.33 bits per heavy atom. The molecule has 2 amide bonds. The Morgan fingerprint density at radius 3 is 2.52 bits per heavy atom. The second-order valence-electron chi connectivity index (χ2n) is 7.24. The van der Waals surface area contributed by atoms with Crippen LogP contribution in [0, 0.1) is 11.3 Å². The summed E-state index contributed by atoms with van der Waals surface area (Å²) in [6, 6.07) is -0.342. The molecule has 2 unspecified atom stereocenters. The van der Waals surface area contributed by atoms with Crippen LogP contribution in [0.25, 0.3) is 0 Å². The fourth-order valence-corrected chi connectivity index (χ4v) is 3.26.